The fourth-order valence-corrected chi connectivity index (χ4v) is 4.38. The van der Waals surface area contributed by atoms with Gasteiger partial charge in [0.05, 0.1) is 5.52 Å². The van der Waals surface area contributed by atoms with Crippen LogP contribution >= 0.6 is 0 Å². The van der Waals surface area contributed by atoms with Crippen molar-refractivity contribution in [2.24, 2.45) is 18.5 Å². The predicted molar refractivity (Wildman–Crippen MR) is 125 cm³/mol. The smallest absolute Gasteiger partial charge is 0.254 e. The summed E-state index contributed by atoms with van der Waals surface area (Å²) in [5, 5.41) is 7.75. The molecule has 1 saturated carbocycles. The van der Waals surface area contributed by atoms with Gasteiger partial charge in [0, 0.05) is 42.1 Å². The SMILES string of the molecule is CCCc1cc2c(Nc3nc(N[C@@H]4CCCC[C@@H]4N)ncc3C(N)=O)cccc2n1C. The van der Waals surface area contributed by atoms with Gasteiger partial charge in [-0.3, -0.25) is 4.79 Å². The number of carbonyl (C=O) groups excluding carboxylic acids is 1. The number of hydrogen-bond acceptors (Lipinski definition) is 6. The van der Waals surface area contributed by atoms with Gasteiger partial charge in [0.2, 0.25) is 5.95 Å². The van der Waals surface area contributed by atoms with Gasteiger partial charge in [0.25, 0.3) is 5.91 Å². The molecule has 1 amide bonds. The molecular formula is C23H31N7O. The Kier molecular flexibility index (Phi) is 6.08. The van der Waals surface area contributed by atoms with Crippen LogP contribution in [0.1, 0.15) is 55.1 Å². The van der Waals surface area contributed by atoms with Crippen molar-refractivity contribution < 1.29 is 4.79 Å². The molecule has 2 aromatic heterocycles. The number of primary amides is 1. The first-order chi connectivity index (χ1) is 15.0. The highest BCUT2D eigenvalue weighted by Crippen LogP contribution is 2.30. The highest BCUT2D eigenvalue weighted by molar-refractivity contribution is 6.00. The highest BCUT2D eigenvalue weighted by Gasteiger charge is 2.23. The molecule has 0 saturated heterocycles. The van der Waals surface area contributed by atoms with E-state index in [0.717, 1.165) is 55.1 Å². The third-order valence-corrected chi connectivity index (χ3v) is 6.13. The van der Waals surface area contributed by atoms with Crippen LogP contribution in [-0.2, 0) is 13.5 Å². The number of rotatable bonds is 7. The number of benzene rings is 1. The maximum absolute atomic E-state index is 12.0. The van der Waals surface area contributed by atoms with Crippen molar-refractivity contribution in [3.63, 3.8) is 0 Å². The van der Waals surface area contributed by atoms with Crippen LogP contribution in [0.5, 0.6) is 0 Å². The molecule has 1 aliphatic carbocycles. The molecule has 8 heteroatoms. The van der Waals surface area contributed by atoms with Crippen LogP contribution in [0.15, 0.2) is 30.5 Å². The molecule has 2 heterocycles. The zero-order valence-corrected chi connectivity index (χ0v) is 18.2. The number of fused-ring (bicyclic) bond motifs is 1. The monoisotopic (exact) mass is 421 g/mol. The zero-order chi connectivity index (χ0) is 22.0. The molecule has 2 atom stereocenters. The number of amides is 1. The summed E-state index contributed by atoms with van der Waals surface area (Å²) < 4.78 is 2.20. The summed E-state index contributed by atoms with van der Waals surface area (Å²) in [6, 6.07) is 8.44. The lowest BCUT2D eigenvalue weighted by molar-refractivity contribution is 0.100. The van der Waals surface area contributed by atoms with E-state index < -0.39 is 5.91 Å². The number of carbonyl (C=O) groups is 1. The normalized spacial score (nSPS) is 18.8. The number of aromatic nitrogens is 3. The number of nitrogens with zero attached hydrogens (tertiary/aromatic N) is 3. The van der Waals surface area contributed by atoms with Crippen LogP contribution in [-0.4, -0.2) is 32.5 Å². The minimum absolute atomic E-state index is 0.0691. The van der Waals surface area contributed by atoms with Crippen LogP contribution in [0, 0.1) is 0 Å². The van der Waals surface area contributed by atoms with Gasteiger partial charge in [-0.25, -0.2) is 4.98 Å². The van der Waals surface area contributed by atoms with Crippen molar-refractivity contribution >= 4 is 34.3 Å². The maximum Gasteiger partial charge on any atom is 0.254 e. The fraction of sp³-hybridized carbons (Fsp3) is 0.435. The molecule has 4 rings (SSSR count). The second-order valence-electron chi connectivity index (χ2n) is 8.33. The Labute approximate surface area is 182 Å². The fourth-order valence-electron chi connectivity index (χ4n) is 4.38. The Hall–Kier alpha value is -3.13. The van der Waals surface area contributed by atoms with E-state index in [1.807, 2.05) is 12.1 Å². The average molecular weight is 422 g/mol. The number of aryl methyl sites for hydroxylation is 2. The van der Waals surface area contributed by atoms with E-state index >= 15 is 0 Å². The molecule has 3 aromatic rings. The van der Waals surface area contributed by atoms with Crippen LogP contribution in [0.2, 0.25) is 0 Å². The van der Waals surface area contributed by atoms with E-state index in [2.05, 4.69) is 51.3 Å². The Morgan fingerprint density at radius 1 is 1.29 bits per heavy atom. The third kappa shape index (κ3) is 4.34. The Balaban J connectivity index is 1.68. The van der Waals surface area contributed by atoms with E-state index in [0.29, 0.717) is 11.8 Å². The minimum atomic E-state index is -0.574. The molecule has 6 N–H and O–H groups in total. The van der Waals surface area contributed by atoms with Gasteiger partial charge in [0.1, 0.15) is 11.4 Å². The van der Waals surface area contributed by atoms with Crippen LogP contribution in [0.4, 0.5) is 17.5 Å². The van der Waals surface area contributed by atoms with Crippen LogP contribution in [0.3, 0.4) is 0 Å². The number of nitrogens with two attached hydrogens (primary N) is 2. The molecule has 164 valence electrons. The molecule has 0 radical (unpaired) electrons. The van der Waals surface area contributed by atoms with Gasteiger partial charge in [-0.1, -0.05) is 32.3 Å². The van der Waals surface area contributed by atoms with Gasteiger partial charge in [-0.2, -0.15) is 4.98 Å². The second-order valence-corrected chi connectivity index (χ2v) is 8.33. The van der Waals surface area contributed by atoms with Gasteiger partial charge >= 0.3 is 0 Å². The summed E-state index contributed by atoms with van der Waals surface area (Å²) in [5.74, 6) is 0.264. The summed E-state index contributed by atoms with van der Waals surface area (Å²) in [4.78, 5) is 20.9. The Morgan fingerprint density at radius 3 is 2.84 bits per heavy atom. The summed E-state index contributed by atoms with van der Waals surface area (Å²) in [7, 11) is 2.08. The van der Waals surface area contributed by atoms with Crippen molar-refractivity contribution in [3.05, 3.63) is 41.7 Å². The van der Waals surface area contributed by atoms with Gasteiger partial charge < -0.3 is 26.7 Å². The number of hydrogen-bond donors (Lipinski definition) is 4. The molecule has 0 unspecified atom stereocenters. The Morgan fingerprint density at radius 2 is 2.10 bits per heavy atom. The first-order valence-electron chi connectivity index (χ1n) is 11.0. The van der Waals surface area contributed by atoms with Crippen molar-refractivity contribution in [1.29, 1.82) is 0 Å². The van der Waals surface area contributed by atoms with Gasteiger partial charge in [0.15, 0.2) is 0 Å². The molecule has 1 aliphatic rings. The minimum Gasteiger partial charge on any atom is -0.365 e. The Bertz CT molecular complexity index is 1090. The lowest BCUT2D eigenvalue weighted by Crippen LogP contribution is -2.43. The summed E-state index contributed by atoms with van der Waals surface area (Å²) in [6.07, 6.45) is 7.79. The standard InChI is InChI=1S/C23H31N7O/c1-3-7-14-12-15-18(10-6-11-20(15)30(14)2)27-22-16(21(25)31)13-26-23(29-22)28-19-9-5-4-8-17(19)24/h6,10-13,17,19H,3-5,7-9,24H2,1-2H3,(H2,25,31)(H2,26,27,28,29)/t17-,19+/m0/s1. The van der Waals surface area contributed by atoms with Crippen molar-refractivity contribution in [3.8, 4) is 0 Å². The molecule has 0 bridgehead atoms. The van der Waals surface area contributed by atoms with Crippen molar-refractivity contribution in [1.82, 2.24) is 14.5 Å². The van der Waals surface area contributed by atoms with Crippen LogP contribution < -0.4 is 22.1 Å². The maximum atomic E-state index is 12.0. The number of nitrogens with one attached hydrogen (secondary N) is 2. The van der Waals surface area contributed by atoms with E-state index in [4.69, 9.17) is 11.5 Å². The molecule has 1 fully saturated rings. The average Bonchev–Trinajstić information content (AvgIpc) is 3.07. The summed E-state index contributed by atoms with van der Waals surface area (Å²) >= 11 is 0. The molecule has 1 aromatic carbocycles. The topological polar surface area (TPSA) is 124 Å². The quantitative estimate of drug-likeness (QED) is 0.463. The summed E-state index contributed by atoms with van der Waals surface area (Å²) in [5.41, 5.74) is 15.4. The second kappa shape index (κ2) is 8.93. The number of anilines is 3. The molecular weight excluding hydrogens is 390 g/mol. The van der Waals surface area contributed by atoms with E-state index in [9.17, 15) is 4.79 Å². The zero-order valence-electron chi connectivity index (χ0n) is 18.2. The van der Waals surface area contributed by atoms with E-state index in [1.165, 1.54) is 11.9 Å². The lowest BCUT2D eigenvalue weighted by Gasteiger charge is -2.29. The first-order valence-corrected chi connectivity index (χ1v) is 11.0. The molecule has 8 nitrogen and oxygen atoms in total. The predicted octanol–water partition coefficient (Wildman–Crippen LogP) is 3.45. The van der Waals surface area contributed by atoms with E-state index in [-0.39, 0.29) is 17.6 Å². The highest BCUT2D eigenvalue weighted by atomic mass is 16.1. The van der Waals surface area contributed by atoms with Gasteiger partial charge in [-0.15, -0.1) is 0 Å². The molecule has 0 aliphatic heterocycles. The van der Waals surface area contributed by atoms with Crippen molar-refractivity contribution in [2.75, 3.05) is 10.6 Å². The molecule has 0 spiro atoms. The van der Waals surface area contributed by atoms with E-state index in [1.54, 1.807) is 0 Å². The molecule has 31 heavy (non-hydrogen) atoms. The van der Waals surface area contributed by atoms with Gasteiger partial charge in [-0.05, 0) is 37.5 Å². The van der Waals surface area contributed by atoms with Crippen molar-refractivity contribution in [2.45, 2.75) is 57.5 Å². The third-order valence-electron chi connectivity index (χ3n) is 6.13. The lowest BCUT2D eigenvalue weighted by atomic mass is 9.91. The summed E-state index contributed by atoms with van der Waals surface area (Å²) in [6.45, 7) is 2.17. The van der Waals surface area contributed by atoms with Crippen LogP contribution in [0.25, 0.3) is 10.9 Å². The first kappa shape index (κ1) is 21.1. The largest absolute Gasteiger partial charge is 0.365 e.